The van der Waals surface area contributed by atoms with E-state index in [2.05, 4.69) is 37.1 Å². The molecule has 1 aromatic heterocycles. The molecule has 9 heteroatoms. The van der Waals surface area contributed by atoms with E-state index in [-0.39, 0.29) is 29.9 Å². The van der Waals surface area contributed by atoms with Gasteiger partial charge in [-0.1, -0.05) is 12.8 Å². The molecular formula is C19H34IN7O. The van der Waals surface area contributed by atoms with E-state index in [1.807, 2.05) is 13.8 Å². The van der Waals surface area contributed by atoms with Crippen LogP contribution >= 0.6 is 24.0 Å². The molecule has 1 saturated carbocycles. The van der Waals surface area contributed by atoms with Crippen molar-refractivity contribution in [3.05, 3.63) is 18.0 Å². The predicted octanol–water partition coefficient (Wildman–Crippen LogP) is 1.57. The molecule has 2 aliphatic rings. The van der Waals surface area contributed by atoms with Crippen molar-refractivity contribution in [1.82, 2.24) is 24.9 Å². The van der Waals surface area contributed by atoms with Crippen LogP contribution in [-0.4, -0.2) is 70.2 Å². The minimum absolute atomic E-state index is 0. The number of rotatable bonds is 5. The monoisotopic (exact) mass is 503 g/mol. The van der Waals surface area contributed by atoms with Gasteiger partial charge in [-0.2, -0.15) is 5.10 Å². The highest BCUT2D eigenvalue weighted by molar-refractivity contribution is 14.0. The first kappa shape index (κ1) is 22.9. The third kappa shape index (κ3) is 5.16. The van der Waals surface area contributed by atoms with Crippen LogP contribution in [0.4, 0.5) is 0 Å². The smallest absolute Gasteiger partial charge is 0.237 e. The molecule has 0 radical (unpaired) electrons. The van der Waals surface area contributed by atoms with E-state index in [0.29, 0.717) is 12.6 Å². The Balaban J connectivity index is 0.00000280. The first-order chi connectivity index (χ1) is 12.9. The molecule has 28 heavy (non-hydrogen) atoms. The van der Waals surface area contributed by atoms with Crippen molar-refractivity contribution in [3.8, 4) is 0 Å². The van der Waals surface area contributed by atoms with Crippen LogP contribution in [0.15, 0.2) is 17.3 Å². The molecule has 8 nitrogen and oxygen atoms in total. The van der Waals surface area contributed by atoms with E-state index in [0.717, 1.165) is 37.8 Å². The molecule has 1 saturated heterocycles. The number of hydrogen-bond acceptors (Lipinski definition) is 4. The van der Waals surface area contributed by atoms with Gasteiger partial charge in [0.05, 0.1) is 23.8 Å². The lowest BCUT2D eigenvalue weighted by Gasteiger charge is -2.43. The number of carbonyl (C=O) groups excluding carboxylic acids is 1. The fraction of sp³-hybridized carbons (Fsp3) is 0.737. The molecule has 1 aliphatic carbocycles. The normalized spacial score (nSPS) is 19.5. The highest BCUT2D eigenvalue weighted by atomic mass is 127. The summed E-state index contributed by atoms with van der Waals surface area (Å²) in [6.45, 7) is 7.64. The summed E-state index contributed by atoms with van der Waals surface area (Å²) in [7, 11) is 1.80. The van der Waals surface area contributed by atoms with Crippen molar-refractivity contribution in [2.75, 3.05) is 33.2 Å². The van der Waals surface area contributed by atoms with Crippen molar-refractivity contribution in [2.24, 2.45) is 10.7 Å². The van der Waals surface area contributed by atoms with Gasteiger partial charge >= 0.3 is 0 Å². The van der Waals surface area contributed by atoms with E-state index in [1.165, 1.54) is 25.7 Å². The minimum Gasteiger partial charge on any atom is -0.368 e. The number of nitrogens with one attached hydrogen (secondary N) is 1. The Hall–Kier alpha value is -1.36. The SMILES string of the molecule is CN=C(NCc1ccn(C2CCCC2)n1)N1CCN(C(C)(C)C(N)=O)CC1.I. The fourth-order valence-corrected chi connectivity index (χ4v) is 3.98. The third-order valence-corrected chi connectivity index (χ3v) is 5.97. The molecule has 158 valence electrons. The summed E-state index contributed by atoms with van der Waals surface area (Å²) in [6.07, 6.45) is 7.19. The van der Waals surface area contributed by atoms with Gasteiger partial charge < -0.3 is 16.0 Å². The Morgan fingerprint density at radius 2 is 1.93 bits per heavy atom. The van der Waals surface area contributed by atoms with Gasteiger partial charge in [-0.3, -0.25) is 19.4 Å². The van der Waals surface area contributed by atoms with Crippen LogP contribution in [0.3, 0.4) is 0 Å². The average Bonchev–Trinajstić information content (AvgIpc) is 3.34. The van der Waals surface area contributed by atoms with Crippen LogP contribution in [0.2, 0.25) is 0 Å². The summed E-state index contributed by atoms with van der Waals surface area (Å²) in [4.78, 5) is 20.5. The molecule has 2 heterocycles. The number of nitrogens with zero attached hydrogens (tertiary/aromatic N) is 5. The molecule has 1 aliphatic heterocycles. The van der Waals surface area contributed by atoms with Crippen molar-refractivity contribution >= 4 is 35.8 Å². The van der Waals surface area contributed by atoms with Crippen LogP contribution in [0.25, 0.3) is 0 Å². The summed E-state index contributed by atoms with van der Waals surface area (Å²) < 4.78 is 2.12. The Morgan fingerprint density at radius 1 is 1.29 bits per heavy atom. The van der Waals surface area contributed by atoms with Gasteiger partial charge in [0.15, 0.2) is 5.96 Å². The number of guanidine groups is 1. The number of aliphatic imine (C=N–C) groups is 1. The summed E-state index contributed by atoms with van der Waals surface area (Å²) >= 11 is 0. The van der Waals surface area contributed by atoms with Crippen molar-refractivity contribution in [2.45, 2.75) is 57.7 Å². The lowest BCUT2D eigenvalue weighted by atomic mass is 10.0. The van der Waals surface area contributed by atoms with Gasteiger partial charge in [0, 0.05) is 39.4 Å². The lowest BCUT2D eigenvalue weighted by molar-refractivity contribution is -0.129. The topological polar surface area (TPSA) is 91.8 Å². The van der Waals surface area contributed by atoms with Gasteiger partial charge in [-0.25, -0.2) is 0 Å². The van der Waals surface area contributed by atoms with Gasteiger partial charge in [-0.05, 0) is 32.8 Å². The Labute approximate surface area is 184 Å². The number of primary amides is 1. The maximum absolute atomic E-state index is 11.7. The molecule has 0 bridgehead atoms. The molecule has 0 unspecified atom stereocenters. The van der Waals surface area contributed by atoms with Crippen molar-refractivity contribution in [3.63, 3.8) is 0 Å². The molecule has 2 fully saturated rings. The number of nitrogens with two attached hydrogens (primary N) is 1. The van der Waals surface area contributed by atoms with E-state index in [1.54, 1.807) is 7.05 Å². The summed E-state index contributed by atoms with van der Waals surface area (Å²) in [5.74, 6) is 0.596. The van der Waals surface area contributed by atoms with Gasteiger partial charge in [-0.15, -0.1) is 24.0 Å². The fourth-order valence-electron chi connectivity index (χ4n) is 3.98. The van der Waals surface area contributed by atoms with Gasteiger partial charge in [0.1, 0.15) is 0 Å². The summed E-state index contributed by atoms with van der Waals surface area (Å²) in [5.41, 5.74) is 5.97. The molecule has 0 spiro atoms. The highest BCUT2D eigenvalue weighted by Crippen LogP contribution is 2.28. The number of piperazine rings is 1. The molecule has 1 amide bonds. The molecule has 3 N–H and O–H groups in total. The van der Waals surface area contributed by atoms with Crippen LogP contribution < -0.4 is 11.1 Å². The second-order valence-corrected chi connectivity index (χ2v) is 8.02. The number of amides is 1. The Bertz CT molecular complexity index is 674. The second-order valence-electron chi connectivity index (χ2n) is 8.02. The zero-order valence-electron chi connectivity index (χ0n) is 17.2. The van der Waals surface area contributed by atoms with Gasteiger partial charge in [0.2, 0.25) is 5.91 Å². The molecule has 0 aromatic carbocycles. The van der Waals surface area contributed by atoms with Crippen LogP contribution in [0, 0.1) is 0 Å². The van der Waals surface area contributed by atoms with E-state index in [4.69, 9.17) is 10.8 Å². The number of carbonyl (C=O) groups is 1. The lowest BCUT2D eigenvalue weighted by Crippen LogP contribution is -2.61. The van der Waals surface area contributed by atoms with Crippen LogP contribution in [-0.2, 0) is 11.3 Å². The summed E-state index contributed by atoms with van der Waals surface area (Å²) in [5, 5.41) is 8.15. The van der Waals surface area contributed by atoms with E-state index in [9.17, 15) is 4.79 Å². The zero-order valence-corrected chi connectivity index (χ0v) is 19.6. The first-order valence-electron chi connectivity index (χ1n) is 9.96. The maximum atomic E-state index is 11.7. The second kappa shape index (κ2) is 9.91. The number of hydrogen-bond donors (Lipinski definition) is 2. The Morgan fingerprint density at radius 3 is 2.50 bits per heavy atom. The largest absolute Gasteiger partial charge is 0.368 e. The first-order valence-corrected chi connectivity index (χ1v) is 9.96. The number of halogens is 1. The minimum atomic E-state index is -0.615. The van der Waals surface area contributed by atoms with Gasteiger partial charge in [0.25, 0.3) is 0 Å². The number of aromatic nitrogens is 2. The highest BCUT2D eigenvalue weighted by Gasteiger charge is 2.35. The van der Waals surface area contributed by atoms with E-state index >= 15 is 0 Å². The molecule has 1 aromatic rings. The van der Waals surface area contributed by atoms with Crippen LogP contribution in [0.5, 0.6) is 0 Å². The molecular weight excluding hydrogens is 469 g/mol. The quantitative estimate of drug-likeness (QED) is 0.362. The molecule has 0 atom stereocenters. The third-order valence-electron chi connectivity index (χ3n) is 5.97. The van der Waals surface area contributed by atoms with E-state index < -0.39 is 5.54 Å². The average molecular weight is 503 g/mol. The van der Waals surface area contributed by atoms with Crippen molar-refractivity contribution in [1.29, 1.82) is 0 Å². The maximum Gasteiger partial charge on any atom is 0.237 e. The predicted molar refractivity (Wildman–Crippen MR) is 122 cm³/mol. The standard InChI is InChI=1S/C19H33N7O.HI/c1-19(2,17(20)27)25-12-10-24(11-13-25)18(21-3)22-14-15-8-9-26(23-15)16-6-4-5-7-16;/h8-9,16H,4-7,10-14H2,1-3H3,(H2,20,27)(H,21,22);1H. The Kier molecular flexibility index (Phi) is 8.11. The molecule has 3 rings (SSSR count). The zero-order chi connectivity index (χ0) is 19.4. The van der Waals surface area contributed by atoms with Crippen LogP contribution in [0.1, 0.15) is 51.3 Å². The summed E-state index contributed by atoms with van der Waals surface area (Å²) in [6, 6.07) is 2.66. The van der Waals surface area contributed by atoms with Crippen molar-refractivity contribution < 1.29 is 4.79 Å².